The largest absolute Gasteiger partial charge is 0.249 e. The summed E-state index contributed by atoms with van der Waals surface area (Å²) in [5.74, 6) is 0.216. The monoisotopic (exact) mass is 346 g/mol. The molecule has 1 fully saturated rings. The number of hydrogen-bond donors (Lipinski definition) is 0. The molecule has 1 saturated heterocycles. The van der Waals surface area contributed by atoms with Crippen LogP contribution in [0.3, 0.4) is 0 Å². The zero-order valence-corrected chi connectivity index (χ0v) is 14.2. The molecule has 0 bridgehead atoms. The minimum absolute atomic E-state index is 0.216. The predicted molar refractivity (Wildman–Crippen MR) is 94.1 cm³/mol. The van der Waals surface area contributed by atoms with E-state index < -0.39 is 25.9 Å². The molecule has 23 heavy (non-hydrogen) atoms. The van der Waals surface area contributed by atoms with E-state index in [0.29, 0.717) is 22.6 Å². The van der Waals surface area contributed by atoms with Gasteiger partial charge in [-0.3, -0.25) is 0 Å². The van der Waals surface area contributed by atoms with Gasteiger partial charge in [-0.1, -0.05) is 48.5 Å². The van der Waals surface area contributed by atoms with Gasteiger partial charge in [0, 0.05) is 9.80 Å². The van der Waals surface area contributed by atoms with Crippen LogP contribution in [0.5, 0.6) is 0 Å². The molecule has 0 N–H and O–H groups in total. The maximum atomic E-state index is 13.0. The van der Waals surface area contributed by atoms with Gasteiger partial charge in [-0.15, -0.1) is 0 Å². The van der Waals surface area contributed by atoms with Gasteiger partial charge in [0.05, 0.1) is 21.8 Å². The van der Waals surface area contributed by atoms with E-state index >= 15 is 0 Å². The molecule has 3 nitrogen and oxygen atoms in total. The van der Waals surface area contributed by atoms with Crippen LogP contribution in [0.15, 0.2) is 71.6 Å². The average Bonchev–Trinajstić information content (AvgIpc) is 2.92. The average molecular weight is 346 g/mol. The Balaban J connectivity index is 2.07. The van der Waals surface area contributed by atoms with Crippen LogP contribution in [-0.4, -0.2) is 23.6 Å². The van der Waals surface area contributed by atoms with Crippen LogP contribution in [0.4, 0.5) is 0 Å². The lowest BCUT2D eigenvalue weighted by Crippen LogP contribution is -2.14. The Labute approximate surface area is 139 Å². The van der Waals surface area contributed by atoms with Crippen molar-refractivity contribution in [2.75, 3.05) is 5.75 Å². The van der Waals surface area contributed by atoms with Crippen LogP contribution in [-0.2, 0) is 20.6 Å². The second kappa shape index (κ2) is 6.81. The number of sulfone groups is 1. The quantitative estimate of drug-likeness (QED) is 0.852. The lowest BCUT2D eigenvalue weighted by Gasteiger charge is -2.11. The van der Waals surface area contributed by atoms with Crippen LogP contribution >= 0.6 is 0 Å². The lowest BCUT2D eigenvalue weighted by molar-refractivity contribution is 0.597. The van der Waals surface area contributed by atoms with Crippen molar-refractivity contribution >= 4 is 25.5 Å². The van der Waals surface area contributed by atoms with Crippen molar-refractivity contribution in [2.45, 2.75) is 23.0 Å². The van der Waals surface area contributed by atoms with E-state index in [9.17, 15) is 12.6 Å². The Morgan fingerprint density at radius 3 is 2.17 bits per heavy atom. The van der Waals surface area contributed by atoms with Crippen molar-refractivity contribution in [1.29, 1.82) is 0 Å². The van der Waals surface area contributed by atoms with E-state index in [1.807, 2.05) is 48.5 Å². The van der Waals surface area contributed by atoms with Gasteiger partial charge in [-0.05, 0) is 36.6 Å². The van der Waals surface area contributed by atoms with Crippen LogP contribution in [0, 0.1) is 0 Å². The molecule has 0 aromatic heterocycles. The summed E-state index contributed by atoms with van der Waals surface area (Å²) in [6.45, 7) is 0. The van der Waals surface area contributed by atoms with E-state index in [-0.39, 0.29) is 5.75 Å². The highest BCUT2D eigenvalue weighted by Gasteiger charge is 2.30. The maximum absolute atomic E-state index is 13.0. The van der Waals surface area contributed by atoms with Crippen molar-refractivity contribution in [2.24, 2.45) is 0 Å². The number of hydrogen-bond acceptors (Lipinski definition) is 3. The fourth-order valence-electron chi connectivity index (χ4n) is 2.71. The molecule has 120 valence electrons. The summed E-state index contributed by atoms with van der Waals surface area (Å²) in [7, 11) is -4.52. The molecule has 1 aliphatic rings. The zero-order valence-electron chi connectivity index (χ0n) is 12.6. The molecule has 0 radical (unpaired) electrons. The van der Waals surface area contributed by atoms with Gasteiger partial charge in [-0.25, -0.2) is 12.6 Å². The van der Waals surface area contributed by atoms with Crippen LogP contribution in [0.1, 0.15) is 18.4 Å². The fourth-order valence-corrected chi connectivity index (χ4v) is 5.83. The fraction of sp³-hybridized carbons (Fsp3) is 0.222. The topological polar surface area (TPSA) is 51.2 Å². The summed E-state index contributed by atoms with van der Waals surface area (Å²) in [5, 5.41) is -0.537. The smallest absolute Gasteiger partial charge is 0.156 e. The third kappa shape index (κ3) is 3.62. The normalized spacial score (nSPS) is 21.9. The first kappa shape index (κ1) is 16.1. The van der Waals surface area contributed by atoms with Gasteiger partial charge in [0.15, 0.2) is 9.84 Å². The minimum atomic E-state index is -3.12. The van der Waals surface area contributed by atoms with E-state index in [1.54, 1.807) is 18.2 Å². The first-order valence-electron chi connectivity index (χ1n) is 7.53. The molecular weight excluding hydrogens is 328 g/mol. The second-order valence-electron chi connectivity index (χ2n) is 5.53. The Hall–Kier alpha value is -1.72. The number of benzene rings is 2. The zero-order chi connectivity index (χ0) is 16.3. The van der Waals surface area contributed by atoms with Gasteiger partial charge in [-0.2, -0.15) is 0 Å². The van der Waals surface area contributed by atoms with Gasteiger partial charge >= 0.3 is 0 Å². The van der Waals surface area contributed by atoms with Gasteiger partial charge in [0.25, 0.3) is 0 Å². The molecule has 2 aromatic rings. The molecular formula is C18H18O3S2. The van der Waals surface area contributed by atoms with E-state index in [0.717, 1.165) is 5.56 Å². The molecule has 0 spiro atoms. The van der Waals surface area contributed by atoms with E-state index in [2.05, 4.69) is 0 Å². The lowest BCUT2D eigenvalue weighted by atomic mass is 10.1. The molecule has 5 heteroatoms. The highest BCUT2D eigenvalue weighted by Crippen LogP contribution is 2.29. The molecule has 2 atom stereocenters. The van der Waals surface area contributed by atoms with E-state index in [4.69, 9.17) is 0 Å². The third-order valence-corrected chi connectivity index (χ3v) is 7.55. The predicted octanol–water partition coefficient (Wildman–Crippen LogP) is 3.41. The first-order valence-corrected chi connectivity index (χ1v) is 10.4. The summed E-state index contributed by atoms with van der Waals surface area (Å²) >= 11 is 0. The third-order valence-electron chi connectivity index (χ3n) is 3.93. The molecule has 0 aliphatic carbocycles. The first-order chi connectivity index (χ1) is 11.1. The summed E-state index contributed by atoms with van der Waals surface area (Å²) in [6, 6.07) is 18.5. The Kier molecular flexibility index (Phi) is 4.78. The second-order valence-corrected chi connectivity index (χ2v) is 9.31. The summed E-state index contributed by atoms with van der Waals surface area (Å²) in [4.78, 5) is 1.25. The van der Waals surface area contributed by atoms with Crippen LogP contribution in [0.2, 0.25) is 0 Å². The molecule has 2 aromatic carbocycles. The van der Waals surface area contributed by atoms with Gasteiger partial charge in [0.2, 0.25) is 0 Å². The van der Waals surface area contributed by atoms with Gasteiger partial charge < -0.3 is 0 Å². The summed E-state index contributed by atoms with van der Waals surface area (Å²) in [6.07, 6.45) is 2.97. The Morgan fingerprint density at radius 2 is 1.61 bits per heavy atom. The van der Waals surface area contributed by atoms with E-state index in [1.165, 1.54) is 0 Å². The van der Waals surface area contributed by atoms with Crippen molar-refractivity contribution in [1.82, 2.24) is 0 Å². The maximum Gasteiger partial charge on any atom is 0.156 e. The van der Waals surface area contributed by atoms with Crippen molar-refractivity contribution in [3.05, 3.63) is 72.3 Å². The Bertz CT molecular complexity index is 825. The SMILES string of the molecule is O=S(/C(=C/C1CCCS1(=O)=O)c1ccccc1)c1ccccc1. The molecule has 3 rings (SSSR count). The standard InChI is InChI=1S/C18H18O3S2/c19-22(16-10-5-2-6-11-16)18(15-8-3-1-4-9-15)14-17-12-7-13-23(17,20)21/h1-6,8-11,14,17H,7,12-13H2/b18-14+. The molecule has 0 saturated carbocycles. The minimum Gasteiger partial charge on any atom is -0.249 e. The van der Waals surface area contributed by atoms with Crippen molar-refractivity contribution in [3.63, 3.8) is 0 Å². The molecule has 1 aliphatic heterocycles. The summed E-state index contributed by atoms with van der Waals surface area (Å²) in [5.41, 5.74) is 0.803. The van der Waals surface area contributed by atoms with Gasteiger partial charge in [0.1, 0.15) is 0 Å². The summed E-state index contributed by atoms with van der Waals surface area (Å²) < 4.78 is 37.3. The highest BCUT2D eigenvalue weighted by molar-refractivity contribution is 7.95. The van der Waals surface area contributed by atoms with Crippen molar-refractivity contribution < 1.29 is 12.6 Å². The molecule has 0 amide bonds. The molecule has 2 unspecified atom stereocenters. The van der Waals surface area contributed by atoms with Crippen LogP contribution < -0.4 is 0 Å². The Morgan fingerprint density at radius 1 is 1.00 bits per heavy atom. The van der Waals surface area contributed by atoms with Crippen molar-refractivity contribution in [3.8, 4) is 0 Å². The highest BCUT2D eigenvalue weighted by atomic mass is 32.2. The number of rotatable bonds is 4. The van der Waals surface area contributed by atoms with Crippen LogP contribution in [0.25, 0.3) is 4.91 Å². The molecule has 1 heterocycles.